The van der Waals surface area contributed by atoms with Gasteiger partial charge >= 0.3 is 0 Å². The number of halogens is 1. The van der Waals surface area contributed by atoms with E-state index >= 15 is 0 Å². The van der Waals surface area contributed by atoms with Gasteiger partial charge in [-0.05, 0) is 17.7 Å². The van der Waals surface area contributed by atoms with Crippen LogP contribution in [0.1, 0.15) is 0 Å². The van der Waals surface area contributed by atoms with Crippen LogP contribution in [0.2, 0.25) is 5.02 Å². The van der Waals surface area contributed by atoms with Crippen molar-refractivity contribution in [2.45, 2.75) is 0 Å². The number of imidazole rings is 1. The summed E-state index contributed by atoms with van der Waals surface area (Å²) in [6, 6.07) is 5.78. The van der Waals surface area contributed by atoms with E-state index in [0.29, 0.717) is 10.8 Å². The zero-order chi connectivity index (χ0) is 13.4. The van der Waals surface area contributed by atoms with Crippen LogP contribution >= 0.6 is 11.6 Å². The molecule has 2 N–H and O–H groups in total. The lowest BCUT2D eigenvalue weighted by molar-refractivity contribution is 0.779. The van der Waals surface area contributed by atoms with Crippen molar-refractivity contribution in [2.75, 3.05) is 5.73 Å². The van der Waals surface area contributed by atoms with Crippen LogP contribution in [0, 0.1) is 0 Å². The Morgan fingerprint density at radius 1 is 1.32 bits per heavy atom. The van der Waals surface area contributed by atoms with Crippen molar-refractivity contribution < 1.29 is 0 Å². The highest BCUT2D eigenvalue weighted by Crippen LogP contribution is 2.30. The van der Waals surface area contributed by atoms with Crippen molar-refractivity contribution in [3.05, 3.63) is 48.1 Å². The fraction of sp³-hybridized carbons (Fsp3) is 0.0769. The van der Waals surface area contributed by atoms with Gasteiger partial charge in [0.15, 0.2) is 0 Å². The van der Waals surface area contributed by atoms with Crippen LogP contribution in [0.5, 0.6) is 0 Å². The molecule has 0 fully saturated rings. The Kier molecular flexibility index (Phi) is 2.76. The first-order chi connectivity index (χ1) is 9.16. The Morgan fingerprint density at radius 3 is 2.74 bits per heavy atom. The normalized spacial score (nSPS) is 10.8. The van der Waals surface area contributed by atoms with Crippen LogP contribution in [0.15, 0.2) is 43.1 Å². The monoisotopic (exact) mass is 273 g/mol. The standard InChI is InChI=1S/C13H12ClN5/c1-18-13(15)10(7-17-18)9-2-3-12(11(14)6-9)19-5-4-16-8-19/h2-8H,15H2,1H3. The van der Waals surface area contributed by atoms with E-state index in [1.54, 1.807) is 30.5 Å². The van der Waals surface area contributed by atoms with Crippen LogP contribution in [0.4, 0.5) is 5.82 Å². The predicted octanol–water partition coefficient (Wildman–Crippen LogP) is 2.51. The van der Waals surface area contributed by atoms with Crippen molar-refractivity contribution in [2.24, 2.45) is 7.05 Å². The van der Waals surface area contributed by atoms with Gasteiger partial charge in [0.25, 0.3) is 0 Å². The molecule has 0 saturated carbocycles. The molecule has 0 unspecified atom stereocenters. The second-order valence-electron chi connectivity index (χ2n) is 4.20. The molecular formula is C13H12ClN5. The molecule has 5 nitrogen and oxygen atoms in total. The molecule has 0 radical (unpaired) electrons. The van der Waals surface area contributed by atoms with Gasteiger partial charge < -0.3 is 10.3 Å². The lowest BCUT2D eigenvalue weighted by Crippen LogP contribution is -1.98. The molecule has 0 amide bonds. The molecule has 19 heavy (non-hydrogen) atoms. The molecule has 2 heterocycles. The third-order valence-electron chi connectivity index (χ3n) is 3.03. The predicted molar refractivity (Wildman–Crippen MR) is 75.2 cm³/mol. The molecule has 0 aliphatic carbocycles. The van der Waals surface area contributed by atoms with E-state index in [-0.39, 0.29) is 0 Å². The van der Waals surface area contributed by atoms with E-state index in [1.165, 1.54) is 0 Å². The van der Waals surface area contributed by atoms with Gasteiger partial charge in [0.1, 0.15) is 5.82 Å². The topological polar surface area (TPSA) is 61.7 Å². The largest absolute Gasteiger partial charge is 0.383 e. The van der Waals surface area contributed by atoms with Crippen molar-refractivity contribution in [1.29, 1.82) is 0 Å². The van der Waals surface area contributed by atoms with Crippen LogP contribution in [0.25, 0.3) is 16.8 Å². The van der Waals surface area contributed by atoms with E-state index in [1.807, 2.05) is 29.0 Å². The molecule has 0 atom stereocenters. The van der Waals surface area contributed by atoms with E-state index in [2.05, 4.69) is 10.1 Å². The minimum absolute atomic E-state index is 0.617. The molecule has 0 saturated heterocycles. The van der Waals surface area contributed by atoms with Gasteiger partial charge in [0.05, 0.1) is 23.2 Å². The summed E-state index contributed by atoms with van der Waals surface area (Å²) in [5.74, 6) is 0.617. The summed E-state index contributed by atoms with van der Waals surface area (Å²) in [5.41, 5.74) is 8.66. The lowest BCUT2D eigenvalue weighted by atomic mass is 10.1. The summed E-state index contributed by atoms with van der Waals surface area (Å²) in [4.78, 5) is 4.01. The summed E-state index contributed by atoms with van der Waals surface area (Å²) in [7, 11) is 1.81. The van der Waals surface area contributed by atoms with Crippen molar-refractivity contribution in [1.82, 2.24) is 19.3 Å². The highest BCUT2D eigenvalue weighted by atomic mass is 35.5. The average molecular weight is 274 g/mol. The summed E-state index contributed by atoms with van der Waals surface area (Å²) in [6.45, 7) is 0. The van der Waals surface area contributed by atoms with Gasteiger partial charge in [-0.25, -0.2) is 4.98 Å². The lowest BCUT2D eigenvalue weighted by Gasteiger charge is -2.07. The zero-order valence-electron chi connectivity index (χ0n) is 10.3. The molecule has 1 aromatic carbocycles. The molecule has 6 heteroatoms. The van der Waals surface area contributed by atoms with Crippen LogP contribution in [0.3, 0.4) is 0 Å². The van der Waals surface area contributed by atoms with Gasteiger partial charge in [-0.2, -0.15) is 5.10 Å². The number of rotatable bonds is 2. The van der Waals surface area contributed by atoms with Crippen molar-refractivity contribution in [3.8, 4) is 16.8 Å². The SMILES string of the molecule is Cn1ncc(-c2ccc(-n3ccnc3)c(Cl)c2)c1N. The molecule has 2 aromatic heterocycles. The van der Waals surface area contributed by atoms with E-state index in [4.69, 9.17) is 17.3 Å². The molecule has 0 bridgehead atoms. The molecule has 3 rings (SSSR count). The maximum absolute atomic E-state index is 6.31. The highest BCUT2D eigenvalue weighted by Gasteiger charge is 2.10. The number of nitrogen functional groups attached to an aromatic ring is 1. The minimum atomic E-state index is 0.617. The highest BCUT2D eigenvalue weighted by molar-refractivity contribution is 6.32. The van der Waals surface area contributed by atoms with E-state index in [0.717, 1.165) is 16.8 Å². The molecular weight excluding hydrogens is 262 g/mol. The Morgan fingerprint density at radius 2 is 2.16 bits per heavy atom. The third-order valence-corrected chi connectivity index (χ3v) is 3.33. The smallest absolute Gasteiger partial charge is 0.129 e. The Balaban J connectivity index is 2.07. The quantitative estimate of drug-likeness (QED) is 0.780. The maximum Gasteiger partial charge on any atom is 0.129 e. The number of aromatic nitrogens is 4. The molecule has 0 spiro atoms. The molecule has 0 aliphatic rings. The first-order valence-electron chi connectivity index (χ1n) is 5.72. The van der Waals surface area contributed by atoms with Gasteiger partial charge in [-0.15, -0.1) is 0 Å². The number of hydrogen-bond acceptors (Lipinski definition) is 3. The van der Waals surface area contributed by atoms with Gasteiger partial charge in [-0.3, -0.25) is 4.68 Å². The van der Waals surface area contributed by atoms with Gasteiger partial charge in [-0.1, -0.05) is 17.7 Å². The number of aryl methyl sites for hydroxylation is 1. The summed E-state index contributed by atoms with van der Waals surface area (Å²) in [5, 5.41) is 4.77. The number of nitrogens with two attached hydrogens (primary N) is 1. The first-order valence-corrected chi connectivity index (χ1v) is 6.10. The van der Waals surface area contributed by atoms with Crippen LogP contribution in [-0.2, 0) is 7.05 Å². The number of anilines is 1. The summed E-state index contributed by atoms with van der Waals surface area (Å²) >= 11 is 6.31. The first kappa shape index (κ1) is 11.8. The maximum atomic E-state index is 6.31. The molecule has 0 aliphatic heterocycles. The van der Waals surface area contributed by atoms with Crippen molar-refractivity contribution >= 4 is 17.4 Å². The third kappa shape index (κ3) is 1.98. The minimum Gasteiger partial charge on any atom is -0.383 e. The van der Waals surface area contributed by atoms with Crippen molar-refractivity contribution in [3.63, 3.8) is 0 Å². The Hall–Kier alpha value is -2.27. The average Bonchev–Trinajstić information content (AvgIpc) is 3.01. The molecule has 3 aromatic rings. The fourth-order valence-electron chi connectivity index (χ4n) is 1.95. The molecule has 96 valence electrons. The fourth-order valence-corrected chi connectivity index (χ4v) is 2.23. The van der Waals surface area contributed by atoms with Gasteiger partial charge in [0, 0.05) is 25.0 Å². The van der Waals surface area contributed by atoms with E-state index in [9.17, 15) is 0 Å². The Labute approximate surface area is 115 Å². The van der Waals surface area contributed by atoms with Crippen LogP contribution < -0.4 is 5.73 Å². The second-order valence-corrected chi connectivity index (χ2v) is 4.61. The Bertz CT molecular complexity index is 715. The van der Waals surface area contributed by atoms with Gasteiger partial charge in [0.2, 0.25) is 0 Å². The zero-order valence-corrected chi connectivity index (χ0v) is 11.0. The van der Waals surface area contributed by atoms with Crippen LogP contribution in [-0.4, -0.2) is 19.3 Å². The summed E-state index contributed by atoms with van der Waals surface area (Å²) < 4.78 is 3.49. The van der Waals surface area contributed by atoms with E-state index < -0.39 is 0 Å². The number of benzene rings is 1. The summed E-state index contributed by atoms with van der Waals surface area (Å²) in [6.07, 6.45) is 7.00. The number of nitrogens with zero attached hydrogens (tertiary/aromatic N) is 4. The number of hydrogen-bond donors (Lipinski definition) is 1. The second kappa shape index (κ2) is 4.44.